The van der Waals surface area contributed by atoms with Crippen molar-refractivity contribution in [2.75, 3.05) is 14.2 Å². The average molecular weight is 288 g/mol. The molecule has 0 aliphatic rings. The third-order valence-corrected chi connectivity index (χ3v) is 2.42. The highest BCUT2D eigenvalue weighted by Crippen LogP contribution is 2.11. The lowest BCUT2D eigenvalue weighted by Gasteiger charge is -2.13. The van der Waals surface area contributed by atoms with Crippen molar-refractivity contribution in [3.05, 3.63) is 34.3 Å². The Bertz CT molecular complexity index is 311. The first-order chi connectivity index (χ1) is 7.63. The van der Waals surface area contributed by atoms with Crippen LogP contribution in [0.5, 0.6) is 0 Å². The van der Waals surface area contributed by atoms with E-state index in [1.54, 1.807) is 7.05 Å². The topological polar surface area (TPSA) is 29.5 Å². The lowest BCUT2D eigenvalue weighted by atomic mass is 10.1. The maximum Gasteiger partial charge on any atom is 0.250 e. The first kappa shape index (κ1) is 15.1. The molecule has 0 unspecified atom stereocenters. The third-order valence-electron chi connectivity index (χ3n) is 1.89. The molecule has 0 spiro atoms. The van der Waals surface area contributed by atoms with Gasteiger partial charge in [-0.05, 0) is 17.7 Å². The second kappa shape index (κ2) is 8.30. The summed E-state index contributed by atoms with van der Waals surface area (Å²) in [7, 11) is 3.07. The van der Waals surface area contributed by atoms with Gasteiger partial charge in [-0.25, -0.2) is 5.06 Å². The van der Waals surface area contributed by atoms with Gasteiger partial charge in [-0.15, -0.1) is 0 Å². The molecule has 1 aromatic rings. The van der Waals surface area contributed by atoms with Crippen molar-refractivity contribution < 1.29 is 9.63 Å². The Labute approximate surface area is 105 Å². The van der Waals surface area contributed by atoms with E-state index in [0.29, 0.717) is 6.42 Å². The standard InChI is InChI=1S/C10H12BrNO2.C2H6/c1-12(14-2)10(13)7-8-3-5-9(11)6-4-8;1-2/h3-6H,7H2,1-2H3;1-2H3. The van der Waals surface area contributed by atoms with Gasteiger partial charge in [0.25, 0.3) is 0 Å². The molecule has 0 N–H and O–H groups in total. The lowest BCUT2D eigenvalue weighted by Crippen LogP contribution is -2.26. The van der Waals surface area contributed by atoms with Crippen LogP contribution in [0.3, 0.4) is 0 Å². The normalized spacial score (nSPS) is 9.06. The zero-order valence-electron chi connectivity index (χ0n) is 10.2. The van der Waals surface area contributed by atoms with E-state index in [0.717, 1.165) is 10.0 Å². The fourth-order valence-corrected chi connectivity index (χ4v) is 1.25. The number of nitrogens with zero attached hydrogens (tertiary/aromatic N) is 1. The molecule has 0 saturated carbocycles. The lowest BCUT2D eigenvalue weighted by molar-refractivity contribution is -0.167. The molecule has 0 radical (unpaired) electrons. The zero-order chi connectivity index (χ0) is 12.6. The summed E-state index contributed by atoms with van der Waals surface area (Å²) in [4.78, 5) is 16.2. The van der Waals surface area contributed by atoms with Gasteiger partial charge in [0.1, 0.15) is 0 Å². The summed E-state index contributed by atoms with van der Waals surface area (Å²) in [5.74, 6) is -0.0603. The molecule has 3 nitrogen and oxygen atoms in total. The molecule has 0 atom stereocenters. The number of amides is 1. The highest BCUT2D eigenvalue weighted by Gasteiger charge is 2.08. The van der Waals surface area contributed by atoms with Crippen molar-refractivity contribution in [2.24, 2.45) is 0 Å². The molecule has 0 fully saturated rings. The molecule has 90 valence electrons. The Morgan fingerprint density at radius 1 is 1.31 bits per heavy atom. The van der Waals surface area contributed by atoms with Gasteiger partial charge in [0.15, 0.2) is 0 Å². The highest BCUT2D eigenvalue weighted by molar-refractivity contribution is 9.10. The number of hydrogen-bond donors (Lipinski definition) is 0. The summed E-state index contributed by atoms with van der Waals surface area (Å²) in [5, 5.41) is 1.22. The molecule has 1 amide bonds. The van der Waals surface area contributed by atoms with Crippen LogP contribution < -0.4 is 0 Å². The Kier molecular flexibility index (Phi) is 7.85. The second-order valence-electron chi connectivity index (χ2n) is 2.88. The highest BCUT2D eigenvalue weighted by atomic mass is 79.9. The van der Waals surface area contributed by atoms with Crippen LogP contribution in [0.2, 0.25) is 0 Å². The van der Waals surface area contributed by atoms with E-state index in [4.69, 9.17) is 4.84 Å². The molecule has 0 bridgehead atoms. The minimum absolute atomic E-state index is 0.0603. The summed E-state index contributed by atoms with van der Waals surface area (Å²) in [5.41, 5.74) is 0.974. The van der Waals surface area contributed by atoms with E-state index in [1.165, 1.54) is 12.2 Å². The molecule has 0 saturated heterocycles. The number of halogens is 1. The predicted octanol–water partition coefficient (Wildman–Crippen LogP) is 3.04. The molecule has 4 heteroatoms. The number of carbonyl (C=O) groups excluding carboxylic acids is 1. The quantitative estimate of drug-likeness (QED) is 0.800. The van der Waals surface area contributed by atoms with Crippen LogP contribution in [0.1, 0.15) is 19.4 Å². The number of hydrogen-bond acceptors (Lipinski definition) is 2. The molecule has 1 rings (SSSR count). The van der Waals surface area contributed by atoms with E-state index >= 15 is 0 Å². The smallest absolute Gasteiger partial charge is 0.250 e. The van der Waals surface area contributed by atoms with E-state index in [1.807, 2.05) is 38.1 Å². The Balaban J connectivity index is 0.00000106. The monoisotopic (exact) mass is 287 g/mol. The third kappa shape index (κ3) is 5.28. The van der Waals surface area contributed by atoms with E-state index in [9.17, 15) is 4.79 Å². The molecule has 0 heterocycles. The molecule has 0 aliphatic carbocycles. The van der Waals surface area contributed by atoms with Crippen LogP contribution in [0.4, 0.5) is 0 Å². The van der Waals surface area contributed by atoms with Crippen LogP contribution in [-0.2, 0) is 16.1 Å². The minimum Gasteiger partial charge on any atom is -0.275 e. The van der Waals surface area contributed by atoms with Gasteiger partial charge in [0, 0.05) is 11.5 Å². The Hall–Kier alpha value is -0.870. The van der Waals surface area contributed by atoms with Gasteiger partial charge in [-0.1, -0.05) is 41.9 Å². The largest absolute Gasteiger partial charge is 0.275 e. The van der Waals surface area contributed by atoms with Gasteiger partial charge in [-0.3, -0.25) is 9.63 Å². The van der Waals surface area contributed by atoms with Gasteiger partial charge in [0.05, 0.1) is 13.5 Å². The fraction of sp³-hybridized carbons (Fsp3) is 0.417. The molecule has 16 heavy (non-hydrogen) atoms. The number of hydroxylamine groups is 2. The average Bonchev–Trinajstić information content (AvgIpc) is 2.33. The first-order valence-corrected chi connectivity index (χ1v) is 5.98. The maximum atomic E-state index is 11.4. The molecule has 1 aromatic carbocycles. The number of likely N-dealkylation sites (N-methyl/N-ethyl adjacent to an activating group) is 1. The summed E-state index contributed by atoms with van der Waals surface area (Å²) in [6, 6.07) is 7.64. The second-order valence-corrected chi connectivity index (χ2v) is 3.79. The summed E-state index contributed by atoms with van der Waals surface area (Å²) >= 11 is 3.33. The van der Waals surface area contributed by atoms with E-state index in [-0.39, 0.29) is 5.91 Å². The summed E-state index contributed by atoms with van der Waals surface area (Å²) in [6.07, 6.45) is 0.359. The number of carbonyl (C=O) groups is 1. The first-order valence-electron chi connectivity index (χ1n) is 5.18. The summed E-state index contributed by atoms with van der Waals surface area (Å²) < 4.78 is 1.01. The van der Waals surface area contributed by atoms with Crippen molar-refractivity contribution >= 4 is 21.8 Å². The fourth-order valence-electron chi connectivity index (χ4n) is 0.990. The maximum absolute atomic E-state index is 11.4. The van der Waals surface area contributed by atoms with Crippen molar-refractivity contribution in [3.8, 4) is 0 Å². The zero-order valence-corrected chi connectivity index (χ0v) is 11.7. The predicted molar refractivity (Wildman–Crippen MR) is 69.0 cm³/mol. The SMILES string of the molecule is CC.CON(C)C(=O)Cc1ccc(Br)cc1. The summed E-state index contributed by atoms with van der Waals surface area (Å²) in [6.45, 7) is 4.00. The van der Waals surface area contributed by atoms with Crippen molar-refractivity contribution in [3.63, 3.8) is 0 Å². The van der Waals surface area contributed by atoms with Crippen LogP contribution in [0.15, 0.2) is 28.7 Å². The van der Waals surface area contributed by atoms with Crippen molar-refractivity contribution in [1.29, 1.82) is 0 Å². The number of rotatable bonds is 3. The van der Waals surface area contributed by atoms with Crippen LogP contribution in [-0.4, -0.2) is 25.1 Å². The molecule has 0 aliphatic heterocycles. The Morgan fingerprint density at radius 3 is 2.25 bits per heavy atom. The van der Waals surface area contributed by atoms with Gasteiger partial charge in [0.2, 0.25) is 5.91 Å². The van der Waals surface area contributed by atoms with Crippen molar-refractivity contribution in [1.82, 2.24) is 5.06 Å². The Morgan fingerprint density at radius 2 is 1.81 bits per heavy atom. The van der Waals surface area contributed by atoms with Crippen LogP contribution in [0, 0.1) is 0 Å². The van der Waals surface area contributed by atoms with Crippen LogP contribution >= 0.6 is 15.9 Å². The van der Waals surface area contributed by atoms with Gasteiger partial charge >= 0.3 is 0 Å². The van der Waals surface area contributed by atoms with Crippen molar-refractivity contribution in [2.45, 2.75) is 20.3 Å². The molecular weight excluding hydrogens is 270 g/mol. The van der Waals surface area contributed by atoms with E-state index < -0.39 is 0 Å². The van der Waals surface area contributed by atoms with E-state index in [2.05, 4.69) is 15.9 Å². The van der Waals surface area contributed by atoms with Crippen LogP contribution in [0.25, 0.3) is 0 Å². The number of benzene rings is 1. The van der Waals surface area contributed by atoms with Gasteiger partial charge in [-0.2, -0.15) is 0 Å². The molecule has 0 aromatic heterocycles. The minimum atomic E-state index is -0.0603. The van der Waals surface area contributed by atoms with Gasteiger partial charge < -0.3 is 0 Å². The molecular formula is C12H18BrNO2.